The number of rotatable bonds is 7. The SMILES string of the molecule is C=CC(=O)N1C[C@H](C)N(C2=NCC(=O)N(c3c(C)ccnc3C(C)C)c3nc(-c4ccccc4F)c(Cl)cc32)C[C@H]1C.Cc1ccnc(C(C)C)c1N1C(=O)CN=C(N2C[C@@H](C)N(C(=O)OC(C)(C)C)C[C@@H]2C)c2cc(Cl)c(-c3ccccc3F)nc21. The standard InChI is InChI=1S/C34H40ClFN6O3.C32H34ClFN6O2/c1-19(2)28-30(20(3)13-14-37-28)42-27(43)16-38-31(40-17-22(5)41(18-21(40)4)33(44)45-34(6,7)8)24-15-25(35)29(39-32(24)42)23-11-9-10-12-26(23)36;1-7-26(41)38-16-21(6)39(17-20(38)5)31-23-14-24(33)29(22-10-8-9-11-25(22)34)37-32(23)40(27(42)15-36-31)30-19(4)12-13-35-28(30)18(2)3/h9-15,19,21-22H,16-18H2,1-8H3;7-14,18,20-21H,1,15-17H2,2-6H3/t21-,22+;20-,21+/m01/s1. The van der Waals surface area contributed by atoms with E-state index < -0.39 is 17.2 Å². The molecule has 0 aliphatic carbocycles. The smallest absolute Gasteiger partial charge is 0.410 e. The molecule has 8 heterocycles. The van der Waals surface area contributed by atoms with Crippen LogP contribution in [0.2, 0.25) is 10.0 Å². The lowest BCUT2D eigenvalue weighted by atomic mass is 10.0. The van der Waals surface area contributed by atoms with E-state index in [0.717, 1.165) is 22.5 Å². The minimum absolute atomic E-state index is 0.0000614. The van der Waals surface area contributed by atoms with Gasteiger partial charge in [-0.15, -0.1) is 0 Å². The number of hydrogen-bond donors (Lipinski definition) is 0. The molecule has 4 amide bonds. The van der Waals surface area contributed by atoms with E-state index in [1.807, 2.05) is 102 Å². The van der Waals surface area contributed by atoms with Gasteiger partial charge in [-0.05, 0) is 140 Å². The number of aliphatic imine (C=N–C) groups is 2. The molecule has 0 bridgehead atoms. The number of benzene rings is 2. The first kappa shape index (κ1) is 63.3. The van der Waals surface area contributed by atoms with Crippen molar-refractivity contribution in [2.24, 2.45) is 9.98 Å². The van der Waals surface area contributed by atoms with Gasteiger partial charge in [-0.2, -0.15) is 0 Å². The van der Waals surface area contributed by atoms with E-state index in [1.165, 1.54) is 18.2 Å². The summed E-state index contributed by atoms with van der Waals surface area (Å²) in [6.07, 6.45) is 4.40. The van der Waals surface area contributed by atoms with Crippen LogP contribution >= 0.6 is 23.2 Å². The number of carbonyl (C=O) groups excluding carboxylic acids is 4. The summed E-state index contributed by atoms with van der Waals surface area (Å²) in [5.74, 6) is 0.0187. The number of fused-ring (bicyclic) bond motifs is 2. The molecule has 2 fully saturated rings. The van der Waals surface area contributed by atoms with Crippen LogP contribution in [0.15, 0.2) is 108 Å². The molecule has 6 aromatic rings. The molecule has 0 spiro atoms. The number of amides is 4. The van der Waals surface area contributed by atoms with E-state index >= 15 is 8.78 Å². The van der Waals surface area contributed by atoms with Crippen molar-refractivity contribution in [1.82, 2.24) is 39.5 Å². The minimum Gasteiger partial charge on any atom is -0.444 e. The summed E-state index contributed by atoms with van der Waals surface area (Å²) in [4.78, 5) is 93.3. The van der Waals surface area contributed by atoms with E-state index in [0.29, 0.717) is 72.0 Å². The molecule has 10 rings (SSSR count). The quantitative estimate of drug-likeness (QED) is 0.139. The van der Waals surface area contributed by atoms with Crippen LogP contribution < -0.4 is 9.80 Å². The molecule has 2 aromatic carbocycles. The molecule has 0 unspecified atom stereocenters. The van der Waals surface area contributed by atoms with Gasteiger partial charge < -0.3 is 24.3 Å². The van der Waals surface area contributed by atoms with E-state index in [-0.39, 0.29) is 105 Å². The maximum atomic E-state index is 15.1. The first-order chi connectivity index (χ1) is 41.2. The number of ether oxygens (including phenoxy) is 1. The number of anilines is 4. The molecule has 2 saturated heterocycles. The van der Waals surface area contributed by atoms with E-state index in [4.69, 9.17) is 47.9 Å². The Morgan fingerprint density at radius 2 is 1.02 bits per heavy atom. The topological polar surface area (TPSA) is 173 Å². The average molecular weight is 1220 g/mol. The van der Waals surface area contributed by atoms with Gasteiger partial charge in [-0.25, -0.2) is 23.5 Å². The van der Waals surface area contributed by atoms with Gasteiger partial charge in [-0.1, -0.05) is 81.7 Å². The molecule has 4 aromatic heterocycles. The van der Waals surface area contributed by atoms with Gasteiger partial charge in [0.15, 0.2) is 11.6 Å². The maximum Gasteiger partial charge on any atom is 0.410 e. The fourth-order valence-corrected chi connectivity index (χ4v) is 12.0. The minimum atomic E-state index is -0.622. The first-order valence-electron chi connectivity index (χ1n) is 29.2. The Bertz CT molecular complexity index is 3760. The molecule has 87 heavy (non-hydrogen) atoms. The summed E-state index contributed by atoms with van der Waals surface area (Å²) in [7, 11) is 0. The van der Waals surface area contributed by atoms with Crippen LogP contribution in [-0.2, 0) is 19.1 Å². The van der Waals surface area contributed by atoms with Gasteiger partial charge in [0.1, 0.15) is 42.0 Å². The van der Waals surface area contributed by atoms with Crippen LogP contribution in [0.3, 0.4) is 0 Å². The number of halogens is 4. The second-order valence-electron chi connectivity index (χ2n) is 24.1. The number of piperazine rings is 2. The monoisotopic (exact) mass is 1220 g/mol. The highest BCUT2D eigenvalue weighted by Gasteiger charge is 2.42. The molecule has 0 N–H and O–H groups in total. The zero-order valence-corrected chi connectivity index (χ0v) is 53.0. The fourth-order valence-electron chi connectivity index (χ4n) is 11.5. The van der Waals surface area contributed by atoms with Crippen LogP contribution in [0.1, 0.15) is 122 Å². The number of carbonyl (C=O) groups is 4. The molecule has 456 valence electrons. The molecular weight excluding hydrogens is 1150 g/mol. The average Bonchev–Trinajstić information content (AvgIpc) is 1.80. The summed E-state index contributed by atoms with van der Waals surface area (Å²) < 4.78 is 35.8. The second-order valence-corrected chi connectivity index (χ2v) is 25.0. The molecule has 4 aliphatic heterocycles. The summed E-state index contributed by atoms with van der Waals surface area (Å²) in [6, 6.07) is 19.0. The lowest BCUT2D eigenvalue weighted by molar-refractivity contribution is -0.130. The molecule has 21 heteroatoms. The van der Waals surface area contributed by atoms with Crippen molar-refractivity contribution in [3.05, 3.63) is 153 Å². The zero-order valence-electron chi connectivity index (χ0n) is 51.5. The van der Waals surface area contributed by atoms with E-state index in [9.17, 15) is 19.2 Å². The van der Waals surface area contributed by atoms with Crippen molar-refractivity contribution in [3.8, 4) is 22.5 Å². The summed E-state index contributed by atoms with van der Waals surface area (Å²) in [5.41, 5.74) is 5.77. The van der Waals surface area contributed by atoms with Crippen LogP contribution in [0, 0.1) is 25.5 Å². The van der Waals surface area contributed by atoms with Crippen LogP contribution in [0.4, 0.5) is 36.6 Å². The van der Waals surface area contributed by atoms with Crippen molar-refractivity contribution in [2.75, 3.05) is 49.1 Å². The predicted octanol–water partition coefficient (Wildman–Crippen LogP) is 13.0. The van der Waals surface area contributed by atoms with E-state index in [1.54, 1.807) is 80.5 Å². The predicted molar refractivity (Wildman–Crippen MR) is 339 cm³/mol. The molecule has 4 atom stereocenters. The number of amidine groups is 2. The van der Waals surface area contributed by atoms with Crippen LogP contribution in [0.5, 0.6) is 0 Å². The third-order valence-electron chi connectivity index (χ3n) is 15.8. The zero-order chi connectivity index (χ0) is 63.1. The Balaban J connectivity index is 0.000000208. The summed E-state index contributed by atoms with van der Waals surface area (Å²) in [5, 5.41) is 0.454. The lowest BCUT2D eigenvalue weighted by Crippen LogP contribution is -2.60. The van der Waals surface area contributed by atoms with Gasteiger partial charge in [0.25, 0.3) is 11.8 Å². The number of nitrogens with zero attached hydrogens (tertiary/aromatic N) is 12. The van der Waals surface area contributed by atoms with Crippen molar-refractivity contribution in [2.45, 2.75) is 132 Å². The number of aryl methyl sites for hydroxylation is 2. The molecular formula is C66H74Cl2F2N12O5. The van der Waals surface area contributed by atoms with Gasteiger partial charge in [0.05, 0.1) is 55.3 Å². The molecule has 0 saturated carbocycles. The maximum absolute atomic E-state index is 15.1. The van der Waals surface area contributed by atoms with Crippen LogP contribution in [0.25, 0.3) is 22.5 Å². The largest absolute Gasteiger partial charge is 0.444 e. The van der Waals surface area contributed by atoms with Gasteiger partial charge in [0.2, 0.25) is 5.91 Å². The third-order valence-corrected chi connectivity index (χ3v) is 16.3. The lowest BCUT2D eigenvalue weighted by Gasteiger charge is -2.45. The first-order valence-corrected chi connectivity index (χ1v) is 30.0. The molecule has 17 nitrogen and oxygen atoms in total. The Hall–Kier alpha value is -8.16. The number of aromatic nitrogens is 4. The van der Waals surface area contributed by atoms with E-state index in [2.05, 4.69) is 26.3 Å². The Morgan fingerprint density at radius 1 is 0.621 bits per heavy atom. The van der Waals surface area contributed by atoms with Gasteiger partial charge >= 0.3 is 6.09 Å². The Kier molecular flexibility index (Phi) is 18.7. The second kappa shape index (κ2) is 25.7. The van der Waals surface area contributed by atoms with Crippen molar-refractivity contribution in [1.29, 1.82) is 0 Å². The number of hydrogen-bond acceptors (Lipinski definition) is 13. The highest BCUT2D eigenvalue weighted by atomic mass is 35.5. The summed E-state index contributed by atoms with van der Waals surface area (Å²) >= 11 is 13.7. The van der Waals surface area contributed by atoms with Crippen LogP contribution in [-0.4, -0.2) is 144 Å². The van der Waals surface area contributed by atoms with Crippen molar-refractivity contribution >= 4 is 81.7 Å². The fraction of sp³-hybridized carbons (Fsp3) is 0.394. The highest BCUT2D eigenvalue weighted by Crippen LogP contribution is 2.44. The van der Waals surface area contributed by atoms with Gasteiger partial charge in [0, 0.05) is 73.9 Å². The van der Waals surface area contributed by atoms with Gasteiger partial charge in [-0.3, -0.25) is 44.1 Å². The Labute approximate surface area is 517 Å². The third kappa shape index (κ3) is 12.8. The molecule has 4 aliphatic rings. The molecule has 0 radical (unpaired) electrons. The summed E-state index contributed by atoms with van der Waals surface area (Å²) in [6.45, 7) is 30.5. The normalized spacial score (nSPS) is 19.0. The van der Waals surface area contributed by atoms with Crippen molar-refractivity contribution < 1.29 is 32.7 Å². The number of pyridine rings is 4. The van der Waals surface area contributed by atoms with Crippen molar-refractivity contribution in [3.63, 3.8) is 0 Å². The highest BCUT2D eigenvalue weighted by molar-refractivity contribution is 6.34. The Morgan fingerprint density at radius 3 is 1.41 bits per heavy atom.